The molecule has 0 unspecified atom stereocenters. The van der Waals surface area contributed by atoms with E-state index in [9.17, 15) is 0 Å². The van der Waals surface area contributed by atoms with Gasteiger partial charge in [-0.05, 0) is 34.7 Å². The summed E-state index contributed by atoms with van der Waals surface area (Å²) < 4.78 is 6.59. The fraction of sp³-hybridized carbons (Fsp3) is 0.200. The van der Waals surface area contributed by atoms with Crippen LogP contribution in [0.3, 0.4) is 0 Å². The number of fused-ring (bicyclic) bond motifs is 1. The van der Waals surface area contributed by atoms with E-state index in [4.69, 9.17) is 4.42 Å². The number of nitrogens with zero attached hydrogens (tertiary/aromatic N) is 1. The summed E-state index contributed by atoms with van der Waals surface area (Å²) in [7, 11) is 4.06. The van der Waals surface area contributed by atoms with Crippen molar-refractivity contribution in [3.8, 4) is 0 Å². The van der Waals surface area contributed by atoms with Crippen LogP contribution in [0.15, 0.2) is 28.9 Å². The largest absolute Gasteiger partial charge is 0.464 e. The minimum Gasteiger partial charge on any atom is -0.464 e. The number of furan rings is 1. The molecule has 0 amide bonds. The van der Waals surface area contributed by atoms with E-state index in [0.29, 0.717) is 0 Å². The Morgan fingerprint density at radius 1 is 1.31 bits per heavy atom. The third-order valence-corrected chi connectivity index (χ3v) is 2.91. The molecule has 0 aliphatic rings. The Morgan fingerprint density at radius 3 is 2.77 bits per heavy atom. The van der Waals surface area contributed by atoms with Crippen molar-refractivity contribution in [1.82, 2.24) is 0 Å². The molecule has 68 valence electrons. The summed E-state index contributed by atoms with van der Waals surface area (Å²) in [5, 5.41) is 1.19. The standard InChI is InChI=1S/C10H10INO/c1-12(2)7-5-9(11)8-3-4-13-10(8)6-7/h3-6H,1-2H3. The lowest BCUT2D eigenvalue weighted by atomic mass is 10.2. The smallest absolute Gasteiger partial charge is 0.136 e. The van der Waals surface area contributed by atoms with Crippen LogP contribution in [0, 0.1) is 3.57 Å². The van der Waals surface area contributed by atoms with Gasteiger partial charge < -0.3 is 9.32 Å². The van der Waals surface area contributed by atoms with Crippen LogP contribution in [0.5, 0.6) is 0 Å². The minimum absolute atomic E-state index is 0.954. The Hall–Kier alpha value is -0.710. The summed E-state index contributed by atoms with van der Waals surface area (Å²) in [6.07, 6.45) is 1.73. The molecule has 1 aromatic heterocycles. The van der Waals surface area contributed by atoms with Crippen molar-refractivity contribution < 1.29 is 4.42 Å². The lowest BCUT2D eigenvalue weighted by molar-refractivity contribution is 0.616. The SMILES string of the molecule is CN(C)c1cc(I)c2ccoc2c1. The number of hydrogen-bond acceptors (Lipinski definition) is 2. The lowest BCUT2D eigenvalue weighted by Crippen LogP contribution is -2.08. The Morgan fingerprint density at radius 2 is 2.08 bits per heavy atom. The third kappa shape index (κ3) is 1.52. The van der Waals surface area contributed by atoms with Gasteiger partial charge in [0.1, 0.15) is 5.58 Å². The van der Waals surface area contributed by atoms with Crippen LogP contribution >= 0.6 is 22.6 Å². The van der Waals surface area contributed by atoms with Crippen LogP contribution in [0.25, 0.3) is 11.0 Å². The van der Waals surface area contributed by atoms with Crippen molar-refractivity contribution in [2.75, 3.05) is 19.0 Å². The van der Waals surface area contributed by atoms with Gasteiger partial charge in [0.25, 0.3) is 0 Å². The van der Waals surface area contributed by atoms with E-state index in [0.717, 1.165) is 5.58 Å². The second kappa shape index (κ2) is 3.21. The maximum atomic E-state index is 5.36. The quantitative estimate of drug-likeness (QED) is 0.749. The summed E-state index contributed by atoms with van der Waals surface area (Å²) in [6.45, 7) is 0. The fourth-order valence-electron chi connectivity index (χ4n) is 1.27. The molecular formula is C10H10INO. The lowest BCUT2D eigenvalue weighted by Gasteiger charge is -2.12. The third-order valence-electron chi connectivity index (χ3n) is 2.02. The van der Waals surface area contributed by atoms with Crippen molar-refractivity contribution in [3.05, 3.63) is 28.0 Å². The van der Waals surface area contributed by atoms with E-state index < -0.39 is 0 Å². The van der Waals surface area contributed by atoms with E-state index in [1.54, 1.807) is 6.26 Å². The predicted octanol–water partition coefficient (Wildman–Crippen LogP) is 3.10. The molecule has 0 saturated carbocycles. The molecule has 0 radical (unpaired) electrons. The summed E-state index contributed by atoms with van der Waals surface area (Å²) in [5.74, 6) is 0. The van der Waals surface area contributed by atoms with Crippen LogP contribution in [0.4, 0.5) is 5.69 Å². The highest BCUT2D eigenvalue weighted by Crippen LogP contribution is 2.27. The first-order chi connectivity index (χ1) is 6.18. The zero-order valence-corrected chi connectivity index (χ0v) is 9.70. The Labute approximate surface area is 90.7 Å². The number of rotatable bonds is 1. The number of anilines is 1. The van der Waals surface area contributed by atoms with E-state index in [2.05, 4.69) is 39.6 Å². The summed E-state index contributed by atoms with van der Waals surface area (Å²) >= 11 is 2.33. The second-order valence-electron chi connectivity index (χ2n) is 3.15. The van der Waals surface area contributed by atoms with Gasteiger partial charge in [-0.1, -0.05) is 0 Å². The molecule has 1 heterocycles. The first kappa shape index (κ1) is 8.87. The van der Waals surface area contributed by atoms with E-state index in [1.165, 1.54) is 14.6 Å². The molecule has 2 rings (SSSR count). The number of benzene rings is 1. The Bertz CT molecular complexity index is 433. The van der Waals surface area contributed by atoms with Crippen LogP contribution in [-0.4, -0.2) is 14.1 Å². The van der Waals surface area contributed by atoms with Gasteiger partial charge in [0.05, 0.1) is 6.26 Å². The molecule has 0 spiro atoms. The number of hydrogen-bond donors (Lipinski definition) is 0. The zero-order valence-electron chi connectivity index (χ0n) is 7.54. The van der Waals surface area contributed by atoms with Gasteiger partial charge >= 0.3 is 0 Å². The molecule has 0 bridgehead atoms. The average Bonchev–Trinajstić information content (AvgIpc) is 2.51. The van der Waals surface area contributed by atoms with Gasteiger partial charge in [-0.3, -0.25) is 0 Å². The summed E-state index contributed by atoms with van der Waals surface area (Å²) in [4.78, 5) is 2.07. The number of halogens is 1. The van der Waals surface area contributed by atoms with Gasteiger partial charge in [0.15, 0.2) is 0 Å². The van der Waals surface area contributed by atoms with Crippen LogP contribution in [-0.2, 0) is 0 Å². The topological polar surface area (TPSA) is 16.4 Å². The van der Waals surface area contributed by atoms with Crippen molar-refractivity contribution in [1.29, 1.82) is 0 Å². The highest BCUT2D eigenvalue weighted by atomic mass is 127. The van der Waals surface area contributed by atoms with Crippen molar-refractivity contribution in [3.63, 3.8) is 0 Å². The first-order valence-corrected chi connectivity index (χ1v) is 5.10. The van der Waals surface area contributed by atoms with E-state index in [-0.39, 0.29) is 0 Å². The highest BCUT2D eigenvalue weighted by Gasteiger charge is 2.04. The van der Waals surface area contributed by atoms with Gasteiger partial charge in [-0.25, -0.2) is 0 Å². The predicted molar refractivity (Wildman–Crippen MR) is 63.3 cm³/mol. The van der Waals surface area contributed by atoms with Gasteiger partial charge in [0.2, 0.25) is 0 Å². The molecule has 0 saturated heterocycles. The van der Waals surface area contributed by atoms with Gasteiger partial charge in [-0.2, -0.15) is 0 Å². The second-order valence-corrected chi connectivity index (χ2v) is 4.32. The monoisotopic (exact) mass is 287 g/mol. The van der Waals surface area contributed by atoms with E-state index >= 15 is 0 Å². The van der Waals surface area contributed by atoms with E-state index in [1.807, 2.05) is 20.2 Å². The normalized spacial score (nSPS) is 10.7. The van der Waals surface area contributed by atoms with Crippen molar-refractivity contribution >= 4 is 39.2 Å². The molecule has 13 heavy (non-hydrogen) atoms. The highest BCUT2D eigenvalue weighted by molar-refractivity contribution is 14.1. The van der Waals surface area contributed by atoms with Crippen molar-refractivity contribution in [2.45, 2.75) is 0 Å². The van der Waals surface area contributed by atoms with Crippen LogP contribution < -0.4 is 4.90 Å². The zero-order chi connectivity index (χ0) is 9.42. The molecule has 0 fully saturated rings. The first-order valence-electron chi connectivity index (χ1n) is 4.02. The molecule has 0 aliphatic heterocycles. The fourth-order valence-corrected chi connectivity index (χ4v) is 2.04. The maximum absolute atomic E-state index is 5.36. The molecule has 1 aromatic carbocycles. The molecule has 3 heteroatoms. The van der Waals surface area contributed by atoms with Crippen molar-refractivity contribution in [2.24, 2.45) is 0 Å². The molecule has 0 aliphatic carbocycles. The van der Waals surface area contributed by atoms with Crippen LogP contribution in [0.1, 0.15) is 0 Å². The van der Waals surface area contributed by atoms with Gasteiger partial charge in [0, 0.05) is 34.8 Å². The van der Waals surface area contributed by atoms with Crippen LogP contribution in [0.2, 0.25) is 0 Å². The maximum Gasteiger partial charge on any atom is 0.136 e. The minimum atomic E-state index is 0.954. The Balaban J connectivity index is 2.70. The molecule has 2 nitrogen and oxygen atoms in total. The Kier molecular flexibility index (Phi) is 2.19. The molecule has 2 aromatic rings. The molecular weight excluding hydrogens is 277 g/mol. The average molecular weight is 287 g/mol. The van der Waals surface area contributed by atoms with Gasteiger partial charge in [-0.15, -0.1) is 0 Å². The molecule has 0 atom stereocenters. The summed E-state index contributed by atoms with van der Waals surface area (Å²) in [6, 6.07) is 6.20. The molecule has 0 N–H and O–H groups in total. The summed E-state index contributed by atoms with van der Waals surface area (Å²) in [5.41, 5.74) is 2.13.